The molecule has 0 aliphatic heterocycles. The van der Waals surface area contributed by atoms with Crippen LogP contribution >= 0.6 is 0 Å². The van der Waals surface area contributed by atoms with E-state index in [2.05, 4.69) is 5.32 Å². The number of nitrogens with one attached hydrogen (secondary N) is 1. The molecule has 0 bridgehead atoms. The number of hydrogen-bond acceptors (Lipinski definition) is 4. The topological polar surface area (TPSA) is 92.5 Å². The molecule has 0 fully saturated rings. The lowest BCUT2D eigenvalue weighted by atomic mass is 10.0. The molecule has 0 aliphatic carbocycles. The Morgan fingerprint density at radius 3 is 2.84 bits per heavy atom. The van der Waals surface area contributed by atoms with Crippen molar-refractivity contribution in [3.05, 3.63) is 39.9 Å². The summed E-state index contributed by atoms with van der Waals surface area (Å²) in [6, 6.07) is 5.62. The van der Waals surface area contributed by atoms with Crippen molar-refractivity contribution in [1.29, 1.82) is 0 Å². The average molecular weight is 266 g/mol. The summed E-state index contributed by atoms with van der Waals surface area (Å²) in [5.41, 5.74) is 0.170. The van der Waals surface area contributed by atoms with Crippen LogP contribution in [0.25, 0.3) is 0 Å². The Labute approximate surface area is 111 Å². The Kier molecular flexibility index (Phi) is 5.95. The van der Waals surface area contributed by atoms with Gasteiger partial charge in [-0.25, -0.2) is 0 Å². The number of carbonyl (C=O) groups excluding carboxylic acids is 1. The molecule has 1 rings (SSSR count). The second-order valence-electron chi connectivity index (χ2n) is 4.30. The minimum Gasteiger partial charge on any atom is -0.396 e. The van der Waals surface area contributed by atoms with Crippen molar-refractivity contribution in [2.75, 3.05) is 13.2 Å². The summed E-state index contributed by atoms with van der Waals surface area (Å²) in [6.45, 7) is 2.53. The van der Waals surface area contributed by atoms with E-state index in [4.69, 9.17) is 5.11 Å². The highest BCUT2D eigenvalue weighted by atomic mass is 16.6. The molecule has 6 heteroatoms. The third-order valence-electron chi connectivity index (χ3n) is 2.99. The molecule has 0 radical (unpaired) electrons. The van der Waals surface area contributed by atoms with Gasteiger partial charge in [0.05, 0.1) is 4.92 Å². The molecule has 0 saturated heterocycles. The first-order valence-electron chi connectivity index (χ1n) is 6.22. The van der Waals surface area contributed by atoms with Crippen LogP contribution < -0.4 is 5.32 Å². The van der Waals surface area contributed by atoms with E-state index in [1.807, 2.05) is 6.92 Å². The Morgan fingerprint density at radius 1 is 1.53 bits per heavy atom. The minimum atomic E-state index is -0.530. The molecular formula is C13H18N2O4. The van der Waals surface area contributed by atoms with Crippen molar-refractivity contribution in [3.8, 4) is 0 Å². The van der Waals surface area contributed by atoms with E-state index < -0.39 is 4.92 Å². The number of amides is 1. The number of non-ortho nitro benzene ring substituents is 1. The van der Waals surface area contributed by atoms with Gasteiger partial charge >= 0.3 is 0 Å². The number of carbonyl (C=O) groups is 1. The number of hydrogen-bond donors (Lipinski definition) is 2. The molecule has 1 atom stereocenters. The molecule has 0 aromatic heterocycles. The van der Waals surface area contributed by atoms with Crippen LogP contribution in [0.1, 0.15) is 30.1 Å². The Hall–Kier alpha value is -1.95. The van der Waals surface area contributed by atoms with E-state index in [9.17, 15) is 14.9 Å². The maximum Gasteiger partial charge on any atom is 0.270 e. The summed E-state index contributed by atoms with van der Waals surface area (Å²) >= 11 is 0. The van der Waals surface area contributed by atoms with Crippen molar-refractivity contribution in [1.82, 2.24) is 5.32 Å². The largest absolute Gasteiger partial charge is 0.396 e. The summed E-state index contributed by atoms with van der Waals surface area (Å²) in [6.07, 6.45) is 1.49. The third-order valence-corrected chi connectivity index (χ3v) is 2.99. The van der Waals surface area contributed by atoms with Gasteiger partial charge in [-0.2, -0.15) is 0 Å². The van der Waals surface area contributed by atoms with Crippen molar-refractivity contribution in [2.45, 2.75) is 19.8 Å². The zero-order chi connectivity index (χ0) is 14.3. The molecule has 1 unspecified atom stereocenters. The Bertz CT molecular complexity index is 448. The molecule has 1 aromatic rings. The number of nitrogens with zero attached hydrogens (tertiary/aromatic N) is 1. The molecule has 0 heterocycles. The molecule has 1 aromatic carbocycles. The lowest BCUT2D eigenvalue weighted by molar-refractivity contribution is -0.384. The first kappa shape index (κ1) is 15.1. The van der Waals surface area contributed by atoms with Gasteiger partial charge in [0, 0.05) is 30.8 Å². The molecule has 6 nitrogen and oxygen atoms in total. The van der Waals surface area contributed by atoms with Crippen molar-refractivity contribution in [2.24, 2.45) is 5.92 Å². The van der Waals surface area contributed by atoms with Gasteiger partial charge < -0.3 is 10.4 Å². The zero-order valence-electron chi connectivity index (χ0n) is 10.8. The van der Waals surface area contributed by atoms with Gasteiger partial charge in [0.15, 0.2) is 0 Å². The average Bonchev–Trinajstić information content (AvgIpc) is 2.43. The number of rotatable bonds is 7. The van der Waals surface area contributed by atoms with Crippen LogP contribution in [-0.2, 0) is 0 Å². The molecule has 0 spiro atoms. The monoisotopic (exact) mass is 266 g/mol. The molecular weight excluding hydrogens is 248 g/mol. The number of aliphatic hydroxyl groups excluding tert-OH is 1. The van der Waals surface area contributed by atoms with E-state index >= 15 is 0 Å². The highest BCUT2D eigenvalue weighted by Crippen LogP contribution is 2.13. The maximum absolute atomic E-state index is 11.8. The van der Waals surface area contributed by atoms with E-state index in [1.54, 1.807) is 0 Å². The van der Waals surface area contributed by atoms with Crippen molar-refractivity contribution in [3.63, 3.8) is 0 Å². The highest BCUT2D eigenvalue weighted by Gasteiger charge is 2.13. The van der Waals surface area contributed by atoms with Crippen LogP contribution in [0.2, 0.25) is 0 Å². The van der Waals surface area contributed by atoms with Crippen LogP contribution in [0, 0.1) is 16.0 Å². The number of aliphatic hydroxyl groups is 1. The second kappa shape index (κ2) is 7.48. The van der Waals surface area contributed by atoms with E-state index in [-0.39, 0.29) is 29.7 Å². The fourth-order valence-corrected chi connectivity index (χ4v) is 1.73. The van der Waals surface area contributed by atoms with Gasteiger partial charge in [-0.1, -0.05) is 19.4 Å². The molecule has 104 valence electrons. The summed E-state index contributed by atoms with van der Waals surface area (Å²) < 4.78 is 0. The van der Waals surface area contributed by atoms with Gasteiger partial charge in [-0.15, -0.1) is 0 Å². The highest BCUT2D eigenvalue weighted by molar-refractivity contribution is 5.94. The molecule has 2 N–H and O–H groups in total. The van der Waals surface area contributed by atoms with E-state index in [1.165, 1.54) is 24.3 Å². The lowest BCUT2D eigenvalue weighted by Crippen LogP contribution is -2.29. The summed E-state index contributed by atoms with van der Waals surface area (Å²) in [5.74, 6) is -0.118. The molecule has 0 aliphatic rings. The van der Waals surface area contributed by atoms with Crippen LogP contribution in [0.4, 0.5) is 5.69 Å². The first-order chi connectivity index (χ1) is 9.08. The van der Waals surface area contributed by atoms with Crippen LogP contribution in [0.3, 0.4) is 0 Å². The van der Waals surface area contributed by atoms with E-state index in [0.29, 0.717) is 13.0 Å². The van der Waals surface area contributed by atoms with Crippen LogP contribution in [-0.4, -0.2) is 29.1 Å². The molecule has 19 heavy (non-hydrogen) atoms. The molecule has 0 saturated carbocycles. The first-order valence-corrected chi connectivity index (χ1v) is 6.22. The van der Waals surface area contributed by atoms with E-state index in [0.717, 1.165) is 6.42 Å². The summed E-state index contributed by atoms with van der Waals surface area (Å²) in [5, 5.41) is 22.2. The summed E-state index contributed by atoms with van der Waals surface area (Å²) in [4.78, 5) is 21.9. The van der Waals surface area contributed by atoms with Gasteiger partial charge in [-0.3, -0.25) is 14.9 Å². The normalized spacial score (nSPS) is 11.9. The van der Waals surface area contributed by atoms with Gasteiger partial charge in [0.2, 0.25) is 0 Å². The predicted molar refractivity (Wildman–Crippen MR) is 70.9 cm³/mol. The van der Waals surface area contributed by atoms with Crippen molar-refractivity contribution < 1.29 is 14.8 Å². The fourth-order valence-electron chi connectivity index (χ4n) is 1.73. The van der Waals surface area contributed by atoms with Gasteiger partial charge in [-0.05, 0) is 18.4 Å². The Balaban J connectivity index is 2.62. The number of benzene rings is 1. The standard InChI is InChI=1S/C13H18N2O4/c1-2-10(6-7-16)9-14-13(17)11-4-3-5-12(8-11)15(18)19/h3-5,8,10,16H,2,6-7,9H2,1H3,(H,14,17). The third kappa shape index (κ3) is 4.67. The van der Waals surface area contributed by atoms with Gasteiger partial charge in [0.1, 0.15) is 0 Å². The lowest BCUT2D eigenvalue weighted by Gasteiger charge is -2.14. The van der Waals surface area contributed by atoms with Crippen LogP contribution in [0.5, 0.6) is 0 Å². The number of nitro benzene ring substituents is 1. The predicted octanol–water partition coefficient (Wildman–Crippen LogP) is 1.73. The van der Waals surface area contributed by atoms with Gasteiger partial charge in [0.25, 0.3) is 11.6 Å². The van der Waals surface area contributed by atoms with Crippen molar-refractivity contribution >= 4 is 11.6 Å². The smallest absolute Gasteiger partial charge is 0.270 e. The zero-order valence-corrected chi connectivity index (χ0v) is 10.8. The molecule has 1 amide bonds. The maximum atomic E-state index is 11.8. The fraction of sp³-hybridized carbons (Fsp3) is 0.462. The second-order valence-corrected chi connectivity index (χ2v) is 4.30. The Morgan fingerprint density at radius 2 is 2.26 bits per heavy atom. The minimum absolute atomic E-state index is 0.0885. The summed E-state index contributed by atoms with van der Waals surface area (Å²) in [7, 11) is 0. The van der Waals surface area contributed by atoms with Crippen LogP contribution in [0.15, 0.2) is 24.3 Å². The number of nitro groups is 1. The SMILES string of the molecule is CCC(CCO)CNC(=O)c1cccc([N+](=O)[O-])c1. The quantitative estimate of drug-likeness (QED) is 0.580.